The van der Waals surface area contributed by atoms with Gasteiger partial charge in [-0.1, -0.05) is 38.1 Å². The van der Waals surface area contributed by atoms with Crippen LogP contribution < -0.4 is 15.8 Å². The standard InChI is InChI=1S/C30H34FN7O3/c1-30(2,17-39)14-19(15-32)29(40)38-12-6-7-20(16-38)37-28-25(27(34)35-18-36-28)26(33)23-11-10-22(13-24(23)31)41-21-8-4-3-5-9-21/h3-5,8-11,13-15,18,20,32-33,39H,6-7,12,16-17H2,1-2H3,(H3,34,35,36,37)/b19-14+,32-15?,33-26?. The van der Waals surface area contributed by atoms with Gasteiger partial charge in [0.15, 0.2) is 0 Å². The number of nitrogens with two attached hydrogens (primary N) is 1. The minimum absolute atomic E-state index is 0.00247. The van der Waals surface area contributed by atoms with E-state index in [2.05, 4.69) is 15.3 Å². The van der Waals surface area contributed by atoms with Gasteiger partial charge in [-0.2, -0.15) is 0 Å². The molecule has 1 saturated heterocycles. The van der Waals surface area contributed by atoms with E-state index in [9.17, 15) is 9.90 Å². The number of piperidine rings is 1. The van der Waals surface area contributed by atoms with Crippen molar-refractivity contribution in [3.05, 3.63) is 83.5 Å². The van der Waals surface area contributed by atoms with E-state index in [-0.39, 0.29) is 58.4 Å². The lowest BCUT2D eigenvalue weighted by atomic mass is 9.91. The Morgan fingerprint density at radius 3 is 2.68 bits per heavy atom. The second-order valence-corrected chi connectivity index (χ2v) is 10.5. The number of aliphatic hydroxyl groups is 1. The number of carbonyl (C=O) groups excluding carboxylic acids is 1. The first-order valence-electron chi connectivity index (χ1n) is 13.2. The number of hydrogen-bond donors (Lipinski definition) is 5. The van der Waals surface area contributed by atoms with Crippen LogP contribution in [-0.2, 0) is 4.79 Å². The van der Waals surface area contributed by atoms with Crippen LogP contribution in [0.1, 0.15) is 37.8 Å². The van der Waals surface area contributed by atoms with Gasteiger partial charge in [0.1, 0.15) is 35.3 Å². The maximum atomic E-state index is 15.2. The molecule has 1 unspecified atom stereocenters. The van der Waals surface area contributed by atoms with E-state index in [4.69, 9.17) is 21.3 Å². The number of amides is 1. The van der Waals surface area contributed by atoms with Gasteiger partial charge in [0.25, 0.3) is 5.91 Å². The summed E-state index contributed by atoms with van der Waals surface area (Å²) >= 11 is 0. The largest absolute Gasteiger partial charge is 0.457 e. The first-order valence-corrected chi connectivity index (χ1v) is 13.2. The Morgan fingerprint density at radius 1 is 1.24 bits per heavy atom. The molecule has 11 heteroatoms. The molecule has 3 aromatic rings. The zero-order chi connectivity index (χ0) is 29.6. The Balaban J connectivity index is 1.53. The van der Waals surface area contributed by atoms with Crippen LogP contribution >= 0.6 is 0 Å². The van der Waals surface area contributed by atoms with E-state index in [1.165, 1.54) is 18.5 Å². The van der Waals surface area contributed by atoms with Gasteiger partial charge in [0.05, 0.1) is 23.5 Å². The van der Waals surface area contributed by atoms with E-state index in [0.29, 0.717) is 31.7 Å². The Hall–Kier alpha value is -4.64. The molecule has 41 heavy (non-hydrogen) atoms. The molecule has 2 heterocycles. The topological polar surface area (TPSA) is 161 Å². The number of nitrogen functional groups attached to an aromatic ring is 1. The number of aromatic nitrogens is 2. The number of aliphatic hydroxyl groups excluding tert-OH is 1. The third kappa shape index (κ3) is 7.12. The summed E-state index contributed by atoms with van der Waals surface area (Å²) in [6.07, 6.45) is 5.29. The van der Waals surface area contributed by atoms with Crippen LogP contribution in [0.15, 0.2) is 66.5 Å². The van der Waals surface area contributed by atoms with E-state index in [1.54, 1.807) is 43.0 Å². The minimum Gasteiger partial charge on any atom is -0.457 e. The van der Waals surface area contributed by atoms with Crippen LogP contribution in [0.3, 0.4) is 0 Å². The average Bonchev–Trinajstić information content (AvgIpc) is 2.96. The van der Waals surface area contributed by atoms with Gasteiger partial charge in [-0.15, -0.1) is 0 Å². The Labute approximate surface area is 238 Å². The quantitative estimate of drug-likeness (QED) is 0.182. The zero-order valence-electron chi connectivity index (χ0n) is 23.0. The number of ether oxygens (including phenoxy) is 1. The molecule has 1 aromatic heterocycles. The molecule has 0 radical (unpaired) electrons. The predicted molar refractivity (Wildman–Crippen MR) is 156 cm³/mol. The van der Waals surface area contributed by atoms with Crippen molar-refractivity contribution in [2.75, 3.05) is 30.7 Å². The van der Waals surface area contributed by atoms with Crippen LogP contribution in [0.4, 0.5) is 16.0 Å². The smallest absolute Gasteiger partial charge is 0.255 e. The highest BCUT2D eigenvalue weighted by Crippen LogP contribution is 2.28. The van der Waals surface area contributed by atoms with Gasteiger partial charge in [0.2, 0.25) is 0 Å². The van der Waals surface area contributed by atoms with Crippen molar-refractivity contribution in [1.82, 2.24) is 14.9 Å². The van der Waals surface area contributed by atoms with E-state index in [0.717, 1.165) is 6.21 Å². The molecule has 10 nitrogen and oxygen atoms in total. The molecule has 4 rings (SSSR count). The van der Waals surface area contributed by atoms with Crippen molar-refractivity contribution in [3.8, 4) is 11.5 Å². The molecule has 214 valence electrons. The highest BCUT2D eigenvalue weighted by molar-refractivity contribution is 6.16. The van der Waals surface area contributed by atoms with Gasteiger partial charge >= 0.3 is 0 Å². The van der Waals surface area contributed by atoms with Crippen molar-refractivity contribution in [2.45, 2.75) is 32.7 Å². The lowest BCUT2D eigenvalue weighted by Gasteiger charge is -2.34. The average molecular weight is 560 g/mol. The molecular formula is C30H34FN7O3. The number of hydrogen-bond acceptors (Lipinski definition) is 9. The van der Waals surface area contributed by atoms with E-state index in [1.807, 2.05) is 18.2 Å². The molecule has 6 N–H and O–H groups in total. The molecule has 0 bridgehead atoms. The van der Waals surface area contributed by atoms with Gasteiger partial charge in [-0.05, 0) is 37.1 Å². The van der Waals surface area contributed by atoms with Crippen molar-refractivity contribution < 1.29 is 19.0 Å². The Kier molecular flexibility index (Phi) is 9.08. The lowest BCUT2D eigenvalue weighted by molar-refractivity contribution is -0.127. The van der Waals surface area contributed by atoms with E-state index >= 15 is 4.39 Å². The third-order valence-electron chi connectivity index (χ3n) is 6.72. The summed E-state index contributed by atoms with van der Waals surface area (Å²) in [5.41, 5.74) is 5.67. The molecular weight excluding hydrogens is 525 g/mol. The molecule has 1 atom stereocenters. The number of carbonyl (C=O) groups is 1. The molecule has 0 spiro atoms. The summed E-state index contributed by atoms with van der Waals surface area (Å²) in [5, 5.41) is 29.4. The Morgan fingerprint density at radius 2 is 2.00 bits per heavy atom. The number of likely N-dealkylation sites (tertiary alicyclic amines) is 1. The van der Waals surface area contributed by atoms with Crippen LogP contribution in [0.2, 0.25) is 0 Å². The van der Waals surface area contributed by atoms with Crippen molar-refractivity contribution >= 4 is 29.5 Å². The highest BCUT2D eigenvalue weighted by Gasteiger charge is 2.28. The summed E-state index contributed by atoms with van der Waals surface area (Å²) in [6.45, 7) is 4.24. The minimum atomic E-state index is -0.663. The lowest BCUT2D eigenvalue weighted by Crippen LogP contribution is -2.46. The fraction of sp³-hybridized carbons (Fsp3) is 0.300. The zero-order valence-corrected chi connectivity index (χ0v) is 23.0. The fourth-order valence-electron chi connectivity index (χ4n) is 4.56. The highest BCUT2D eigenvalue weighted by atomic mass is 19.1. The molecule has 1 amide bonds. The monoisotopic (exact) mass is 559 g/mol. The molecule has 0 saturated carbocycles. The summed E-state index contributed by atoms with van der Waals surface area (Å²) in [5.74, 6) is 0.151. The number of nitrogens with zero attached hydrogens (tertiary/aromatic N) is 3. The van der Waals surface area contributed by atoms with Crippen molar-refractivity contribution in [3.63, 3.8) is 0 Å². The second kappa shape index (κ2) is 12.7. The second-order valence-electron chi connectivity index (χ2n) is 10.5. The number of para-hydroxylation sites is 1. The van der Waals surface area contributed by atoms with Crippen LogP contribution in [0.25, 0.3) is 0 Å². The van der Waals surface area contributed by atoms with E-state index < -0.39 is 11.2 Å². The fourth-order valence-corrected chi connectivity index (χ4v) is 4.56. The maximum absolute atomic E-state index is 15.2. The summed E-state index contributed by atoms with van der Waals surface area (Å²) in [7, 11) is 0. The van der Waals surface area contributed by atoms with Gasteiger partial charge in [0, 0.05) is 42.4 Å². The van der Waals surface area contributed by atoms with Crippen molar-refractivity contribution in [1.29, 1.82) is 10.8 Å². The SMILES string of the molecule is CC(C)(/C=C(\C=N)C(=O)N1CCCC(Nc2ncnc(N)c2C(=N)c2ccc(Oc3ccccc3)cc2F)C1)CO. The van der Waals surface area contributed by atoms with Crippen LogP contribution in [-0.4, -0.2) is 63.5 Å². The first-order chi connectivity index (χ1) is 19.6. The van der Waals surface area contributed by atoms with Crippen molar-refractivity contribution in [2.24, 2.45) is 5.41 Å². The molecule has 2 aromatic carbocycles. The number of halogens is 1. The normalized spacial score (nSPS) is 15.8. The van der Waals surface area contributed by atoms with Gasteiger partial charge < -0.3 is 31.2 Å². The number of nitrogens with one attached hydrogen (secondary N) is 3. The van der Waals surface area contributed by atoms with Gasteiger partial charge in [-0.25, -0.2) is 14.4 Å². The molecule has 1 aliphatic heterocycles. The summed E-state index contributed by atoms with van der Waals surface area (Å²) in [4.78, 5) is 23.1. The van der Waals surface area contributed by atoms with Gasteiger partial charge in [-0.3, -0.25) is 10.2 Å². The molecule has 1 aliphatic rings. The van der Waals surface area contributed by atoms with Crippen LogP contribution in [0.5, 0.6) is 11.5 Å². The van der Waals surface area contributed by atoms with Crippen LogP contribution in [0, 0.1) is 22.1 Å². The number of benzene rings is 2. The molecule has 0 aliphatic carbocycles. The summed E-state index contributed by atoms with van der Waals surface area (Å²) in [6, 6.07) is 13.0. The number of rotatable bonds is 10. The Bertz CT molecular complexity index is 1460. The summed E-state index contributed by atoms with van der Waals surface area (Å²) < 4.78 is 20.9. The first kappa shape index (κ1) is 29.3. The maximum Gasteiger partial charge on any atom is 0.255 e. The number of anilines is 2. The predicted octanol–water partition coefficient (Wildman–Crippen LogP) is 4.40. The third-order valence-corrected chi connectivity index (χ3v) is 6.72. The molecule has 1 fully saturated rings.